The van der Waals surface area contributed by atoms with Crippen molar-refractivity contribution in [1.82, 2.24) is 4.72 Å². The predicted octanol–water partition coefficient (Wildman–Crippen LogP) is 1.71. The maximum absolute atomic E-state index is 12.3. The molecule has 0 amide bonds. The molecule has 1 N–H and O–H groups in total. The van der Waals surface area contributed by atoms with Gasteiger partial charge in [-0.2, -0.15) is 9.98 Å². The Kier molecular flexibility index (Phi) is 3.74. The van der Waals surface area contributed by atoms with E-state index in [1.54, 1.807) is 0 Å². The van der Waals surface area contributed by atoms with Crippen LogP contribution in [0, 0.1) is 21.4 Å². The van der Waals surface area contributed by atoms with Gasteiger partial charge in [0.1, 0.15) is 5.54 Å². The van der Waals surface area contributed by atoms with Crippen LogP contribution in [-0.2, 0) is 10.0 Å². The van der Waals surface area contributed by atoms with Crippen LogP contribution >= 0.6 is 0 Å². The van der Waals surface area contributed by atoms with Gasteiger partial charge in [-0.25, -0.2) is 8.42 Å². The van der Waals surface area contributed by atoms with Crippen LogP contribution in [0.4, 0.5) is 5.69 Å². The number of nitriles is 1. The molecule has 0 atom stereocenters. The largest absolute Gasteiger partial charge is 0.289 e. The molecule has 1 aromatic carbocycles. The summed E-state index contributed by atoms with van der Waals surface area (Å²) in [6.45, 7) is 0. The highest BCUT2D eigenvalue weighted by Crippen LogP contribution is 2.32. The molecule has 106 valence electrons. The van der Waals surface area contributed by atoms with E-state index in [1.807, 2.05) is 6.07 Å². The van der Waals surface area contributed by atoms with Crippen molar-refractivity contribution in [2.75, 3.05) is 0 Å². The minimum atomic E-state index is -4.10. The van der Waals surface area contributed by atoms with Gasteiger partial charge in [0.15, 0.2) is 4.90 Å². The Labute approximate surface area is 116 Å². The third-order valence-electron chi connectivity index (χ3n) is 3.35. The van der Waals surface area contributed by atoms with E-state index < -0.39 is 31.1 Å². The molecule has 1 aromatic rings. The van der Waals surface area contributed by atoms with E-state index >= 15 is 0 Å². The van der Waals surface area contributed by atoms with Gasteiger partial charge in [-0.1, -0.05) is 25.0 Å². The zero-order valence-corrected chi connectivity index (χ0v) is 11.4. The number of hydrogen-bond acceptors (Lipinski definition) is 5. The first-order valence-electron chi connectivity index (χ1n) is 6.09. The minimum Gasteiger partial charge on any atom is -0.258 e. The second-order valence-corrected chi connectivity index (χ2v) is 6.38. The Balaban J connectivity index is 2.42. The highest BCUT2D eigenvalue weighted by Gasteiger charge is 2.39. The van der Waals surface area contributed by atoms with E-state index in [9.17, 15) is 23.8 Å². The molecule has 0 unspecified atom stereocenters. The van der Waals surface area contributed by atoms with Crippen molar-refractivity contribution in [2.24, 2.45) is 0 Å². The topological polar surface area (TPSA) is 113 Å². The lowest BCUT2D eigenvalue weighted by molar-refractivity contribution is -0.387. The molecule has 0 radical (unpaired) electrons. The molecule has 20 heavy (non-hydrogen) atoms. The maximum atomic E-state index is 12.3. The van der Waals surface area contributed by atoms with Crippen LogP contribution < -0.4 is 4.72 Å². The van der Waals surface area contributed by atoms with E-state index in [0.717, 1.165) is 18.9 Å². The Morgan fingerprint density at radius 3 is 2.45 bits per heavy atom. The summed E-state index contributed by atoms with van der Waals surface area (Å²) in [4.78, 5) is 9.74. The second kappa shape index (κ2) is 5.19. The third kappa shape index (κ3) is 2.64. The summed E-state index contributed by atoms with van der Waals surface area (Å²) in [7, 11) is -4.10. The Morgan fingerprint density at radius 1 is 1.30 bits per heavy atom. The first-order chi connectivity index (χ1) is 9.40. The third-order valence-corrected chi connectivity index (χ3v) is 4.94. The fraction of sp³-hybridized carbons (Fsp3) is 0.417. The average molecular weight is 295 g/mol. The number of nitro benzene ring substituents is 1. The minimum absolute atomic E-state index is 0.411. The summed E-state index contributed by atoms with van der Waals surface area (Å²) < 4.78 is 27.0. The predicted molar refractivity (Wildman–Crippen MR) is 70.2 cm³/mol. The quantitative estimate of drug-likeness (QED) is 0.671. The molecular weight excluding hydrogens is 282 g/mol. The van der Waals surface area contributed by atoms with Crippen LogP contribution in [0.1, 0.15) is 25.7 Å². The van der Waals surface area contributed by atoms with Crippen molar-refractivity contribution in [3.8, 4) is 6.07 Å². The van der Waals surface area contributed by atoms with E-state index in [1.165, 1.54) is 18.2 Å². The number of benzene rings is 1. The number of nitrogens with one attached hydrogen (secondary N) is 1. The number of para-hydroxylation sites is 1. The molecular formula is C12H13N3O4S. The molecule has 0 bridgehead atoms. The maximum Gasteiger partial charge on any atom is 0.289 e. The summed E-state index contributed by atoms with van der Waals surface area (Å²) in [5, 5.41) is 20.1. The molecule has 1 saturated carbocycles. The van der Waals surface area contributed by atoms with E-state index in [2.05, 4.69) is 4.72 Å². The molecule has 2 rings (SSSR count). The van der Waals surface area contributed by atoms with Gasteiger partial charge in [-0.3, -0.25) is 10.1 Å². The average Bonchev–Trinajstić information content (AvgIpc) is 2.87. The van der Waals surface area contributed by atoms with Crippen molar-refractivity contribution in [2.45, 2.75) is 36.1 Å². The Hall–Kier alpha value is -1.98. The van der Waals surface area contributed by atoms with Crippen LogP contribution in [0.2, 0.25) is 0 Å². The van der Waals surface area contributed by atoms with Gasteiger partial charge in [-0.15, -0.1) is 0 Å². The number of nitro groups is 1. The van der Waals surface area contributed by atoms with Gasteiger partial charge in [-0.05, 0) is 18.9 Å². The van der Waals surface area contributed by atoms with Gasteiger partial charge < -0.3 is 0 Å². The first kappa shape index (κ1) is 14.4. The smallest absolute Gasteiger partial charge is 0.258 e. The second-order valence-electron chi connectivity index (χ2n) is 4.73. The van der Waals surface area contributed by atoms with Crippen molar-refractivity contribution in [3.05, 3.63) is 34.4 Å². The fourth-order valence-electron chi connectivity index (χ4n) is 2.36. The van der Waals surface area contributed by atoms with Crippen LogP contribution in [0.15, 0.2) is 29.2 Å². The molecule has 1 aliphatic carbocycles. The summed E-state index contributed by atoms with van der Waals surface area (Å²) in [5.74, 6) is 0. The standard InChI is InChI=1S/C12H13N3O4S/c13-9-12(7-3-4-8-12)14-20(18,19)11-6-2-1-5-10(11)15(16)17/h1-2,5-6,14H,3-4,7-8H2. The molecule has 0 aliphatic heterocycles. The van der Waals surface area contributed by atoms with Crippen molar-refractivity contribution in [1.29, 1.82) is 5.26 Å². The van der Waals surface area contributed by atoms with E-state index in [-0.39, 0.29) is 0 Å². The lowest BCUT2D eigenvalue weighted by atomic mass is 10.0. The van der Waals surface area contributed by atoms with Crippen LogP contribution in [0.3, 0.4) is 0 Å². The summed E-state index contributed by atoms with van der Waals surface area (Å²) in [6.07, 6.45) is 2.35. The van der Waals surface area contributed by atoms with Crippen molar-refractivity contribution < 1.29 is 13.3 Å². The molecule has 0 aromatic heterocycles. The van der Waals surface area contributed by atoms with Gasteiger partial charge >= 0.3 is 0 Å². The Bertz CT molecular complexity index is 672. The molecule has 1 aliphatic rings. The lowest BCUT2D eigenvalue weighted by Crippen LogP contribution is -2.45. The van der Waals surface area contributed by atoms with E-state index in [4.69, 9.17) is 0 Å². The highest BCUT2D eigenvalue weighted by atomic mass is 32.2. The number of rotatable bonds is 4. The SMILES string of the molecule is N#CC1(NS(=O)(=O)c2ccccc2[N+](=O)[O-])CCCC1. The zero-order chi connectivity index (χ0) is 14.8. The van der Waals surface area contributed by atoms with Crippen LogP contribution in [0.5, 0.6) is 0 Å². The van der Waals surface area contributed by atoms with Crippen molar-refractivity contribution in [3.63, 3.8) is 0 Å². The number of nitrogens with zero attached hydrogens (tertiary/aromatic N) is 2. The molecule has 0 saturated heterocycles. The molecule has 0 heterocycles. The van der Waals surface area contributed by atoms with Gasteiger partial charge in [0.2, 0.25) is 10.0 Å². The number of sulfonamides is 1. The summed E-state index contributed by atoms with van der Waals surface area (Å²) in [6, 6.07) is 7.09. The fourth-order valence-corrected chi connectivity index (χ4v) is 3.91. The zero-order valence-electron chi connectivity index (χ0n) is 10.6. The van der Waals surface area contributed by atoms with Gasteiger partial charge in [0, 0.05) is 6.07 Å². The van der Waals surface area contributed by atoms with Gasteiger partial charge in [0.05, 0.1) is 11.0 Å². The lowest BCUT2D eigenvalue weighted by Gasteiger charge is -2.21. The van der Waals surface area contributed by atoms with Crippen LogP contribution in [0.25, 0.3) is 0 Å². The van der Waals surface area contributed by atoms with Gasteiger partial charge in [0.25, 0.3) is 5.69 Å². The number of hydrogen-bond donors (Lipinski definition) is 1. The van der Waals surface area contributed by atoms with Crippen molar-refractivity contribution >= 4 is 15.7 Å². The monoisotopic (exact) mass is 295 g/mol. The molecule has 7 nitrogen and oxygen atoms in total. The summed E-state index contributed by atoms with van der Waals surface area (Å²) in [5.41, 5.74) is -1.64. The van der Waals surface area contributed by atoms with E-state index in [0.29, 0.717) is 12.8 Å². The summed E-state index contributed by atoms with van der Waals surface area (Å²) >= 11 is 0. The molecule has 0 spiro atoms. The van der Waals surface area contributed by atoms with Crippen LogP contribution in [-0.4, -0.2) is 18.9 Å². The first-order valence-corrected chi connectivity index (χ1v) is 7.57. The Morgan fingerprint density at radius 2 is 1.90 bits per heavy atom. The molecule has 8 heteroatoms. The highest BCUT2D eigenvalue weighted by molar-refractivity contribution is 7.89. The normalized spacial score (nSPS) is 17.6. The molecule has 1 fully saturated rings.